The monoisotopic (exact) mass is 175 g/mol. The summed E-state index contributed by atoms with van der Waals surface area (Å²) in [7, 11) is 0. The molecule has 0 radical (unpaired) electrons. The molecule has 0 aromatic heterocycles. The van der Waals surface area contributed by atoms with Crippen LogP contribution in [-0.4, -0.2) is 41.3 Å². The Bertz CT molecular complexity index is 121. The van der Waals surface area contributed by atoms with Crippen LogP contribution < -0.4 is 0 Å². The summed E-state index contributed by atoms with van der Waals surface area (Å²) >= 11 is 1.88. The highest BCUT2D eigenvalue weighted by Gasteiger charge is 2.24. The number of aliphatic hydroxyl groups is 1. The highest BCUT2D eigenvalue weighted by molar-refractivity contribution is 7.99. The van der Waals surface area contributed by atoms with E-state index in [9.17, 15) is 0 Å². The molecule has 1 N–H and O–H groups in total. The van der Waals surface area contributed by atoms with Gasteiger partial charge >= 0.3 is 0 Å². The lowest BCUT2D eigenvalue weighted by atomic mass is 10.1. The Morgan fingerprint density at radius 1 is 1.73 bits per heavy atom. The molecular weight excluding hydrogens is 158 g/mol. The van der Waals surface area contributed by atoms with E-state index in [1.54, 1.807) is 0 Å². The van der Waals surface area contributed by atoms with Crippen LogP contribution in [0.3, 0.4) is 0 Å². The normalized spacial score (nSPS) is 29.2. The van der Waals surface area contributed by atoms with Gasteiger partial charge in [0.25, 0.3) is 0 Å². The van der Waals surface area contributed by atoms with Crippen molar-refractivity contribution in [2.45, 2.75) is 18.7 Å². The quantitative estimate of drug-likeness (QED) is 0.692. The molecule has 1 fully saturated rings. The zero-order chi connectivity index (χ0) is 8.27. The van der Waals surface area contributed by atoms with Gasteiger partial charge in [-0.15, -0.1) is 11.8 Å². The third kappa shape index (κ3) is 2.36. The van der Waals surface area contributed by atoms with Crippen LogP contribution in [-0.2, 0) is 0 Å². The summed E-state index contributed by atoms with van der Waals surface area (Å²) in [4.78, 5) is 2.44. The van der Waals surface area contributed by atoms with Crippen LogP contribution in [0, 0.1) is 5.92 Å². The van der Waals surface area contributed by atoms with Crippen molar-refractivity contribution in [3.05, 3.63) is 0 Å². The zero-order valence-corrected chi connectivity index (χ0v) is 8.10. The minimum absolute atomic E-state index is 0.359. The summed E-state index contributed by atoms with van der Waals surface area (Å²) in [5.41, 5.74) is 0. The smallest absolute Gasteiger partial charge is 0.0526 e. The number of nitrogens with zero attached hydrogens (tertiary/aromatic N) is 1. The van der Waals surface area contributed by atoms with Crippen molar-refractivity contribution < 1.29 is 5.11 Å². The third-order valence-corrected chi connectivity index (χ3v) is 3.41. The van der Waals surface area contributed by atoms with Gasteiger partial charge in [-0.1, -0.05) is 0 Å². The maximum atomic E-state index is 8.90. The van der Waals surface area contributed by atoms with Crippen LogP contribution in [0.4, 0.5) is 0 Å². The zero-order valence-electron chi connectivity index (χ0n) is 7.29. The first-order chi connectivity index (χ1) is 5.27. The fourth-order valence-corrected chi connectivity index (χ4v) is 1.98. The molecule has 0 aromatic carbocycles. The predicted octanol–water partition coefficient (Wildman–Crippen LogP) is 1.01. The van der Waals surface area contributed by atoms with E-state index in [1.165, 1.54) is 6.42 Å². The van der Waals surface area contributed by atoms with Crippen LogP contribution in [0.2, 0.25) is 0 Å². The molecule has 2 atom stereocenters. The molecule has 1 unspecified atom stereocenters. The maximum Gasteiger partial charge on any atom is 0.0526 e. The summed E-state index contributed by atoms with van der Waals surface area (Å²) < 4.78 is 0. The molecule has 2 nitrogen and oxygen atoms in total. The largest absolute Gasteiger partial charge is 0.396 e. The Labute approximate surface area is 73.0 Å². The molecule has 0 saturated carbocycles. The second kappa shape index (κ2) is 4.33. The fourth-order valence-electron chi connectivity index (χ4n) is 1.49. The molecule has 0 aromatic rings. The average molecular weight is 175 g/mol. The van der Waals surface area contributed by atoms with E-state index in [0.717, 1.165) is 13.1 Å². The molecule has 0 amide bonds. The number of aliphatic hydroxyl groups excluding tert-OH is 1. The standard InChI is InChI=1S/C8H17NOS/c1-7(11-2)9-4-3-8(5-9)6-10/h7-8,10H,3-6H2,1-2H3/t7?,8-/m1/s1. The van der Waals surface area contributed by atoms with Crippen LogP contribution in [0.15, 0.2) is 0 Å². The second-order valence-corrected chi connectivity index (χ2v) is 4.32. The van der Waals surface area contributed by atoms with Gasteiger partial charge in [-0.05, 0) is 32.1 Å². The van der Waals surface area contributed by atoms with Crippen molar-refractivity contribution in [2.24, 2.45) is 5.92 Å². The number of likely N-dealkylation sites (tertiary alicyclic amines) is 1. The molecule has 1 rings (SSSR count). The highest BCUT2D eigenvalue weighted by atomic mass is 32.2. The van der Waals surface area contributed by atoms with Gasteiger partial charge in [0.05, 0.1) is 5.37 Å². The molecule has 11 heavy (non-hydrogen) atoms. The first-order valence-corrected chi connectivity index (χ1v) is 5.44. The molecule has 0 spiro atoms. The van der Waals surface area contributed by atoms with Gasteiger partial charge in [-0.2, -0.15) is 0 Å². The highest BCUT2D eigenvalue weighted by Crippen LogP contribution is 2.21. The van der Waals surface area contributed by atoms with Crippen LogP contribution in [0.25, 0.3) is 0 Å². The van der Waals surface area contributed by atoms with Gasteiger partial charge in [0.2, 0.25) is 0 Å². The van der Waals surface area contributed by atoms with E-state index in [1.807, 2.05) is 11.8 Å². The van der Waals surface area contributed by atoms with E-state index in [-0.39, 0.29) is 0 Å². The van der Waals surface area contributed by atoms with Crippen molar-refractivity contribution in [1.82, 2.24) is 4.90 Å². The summed E-state index contributed by atoms with van der Waals surface area (Å²) in [5, 5.41) is 9.52. The second-order valence-electron chi connectivity index (χ2n) is 3.17. The van der Waals surface area contributed by atoms with Crippen LogP contribution >= 0.6 is 11.8 Å². The number of hydrogen-bond donors (Lipinski definition) is 1. The fraction of sp³-hybridized carbons (Fsp3) is 1.00. The van der Waals surface area contributed by atoms with E-state index in [4.69, 9.17) is 5.11 Å². The lowest BCUT2D eigenvalue weighted by Gasteiger charge is -2.21. The minimum Gasteiger partial charge on any atom is -0.396 e. The Morgan fingerprint density at radius 3 is 2.91 bits per heavy atom. The van der Waals surface area contributed by atoms with Gasteiger partial charge in [0, 0.05) is 13.2 Å². The lowest BCUT2D eigenvalue weighted by molar-refractivity contribution is 0.220. The maximum absolute atomic E-state index is 8.90. The van der Waals surface area contributed by atoms with E-state index >= 15 is 0 Å². The van der Waals surface area contributed by atoms with Crippen molar-refractivity contribution in [3.8, 4) is 0 Å². The van der Waals surface area contributed by atoms with Gasteiger partial charge in [0.15, 0.2) is 0 Å². The molecule has 1 aliphatic heterocycles. The first-order valence-electron chi connectivity index (χ1n) is 4.15. The molecular formula is C8H17NOS. The summed E-state index contributed by atoms with van der Waals surface area (Å²) in [5.74, 6) is 0.532. The van der Waals surface area contributed by atoms with E-state index in [2.05, 4.69) is 18.1 Å². The lowest BCUT2D eigenvalue weighted by Crippen LogP contribution is -2.28. The molecule has 1 saturated heterocycles. The first kappa shape index (κ1) is 9.36. The van der Waals surface area contributed by atoms with Crippen LogP contribution in [0.5, 0.6) is 0 Å². The van der Waals surface area contributed by atoms with Crippen molar-refractivity contribution in [3.63, 3.8) is 0 Å². The molecule has 0 bridgehead atoms. The van der Waals surface area contributed by atoms with Gasteiger partial charge in [-0.25, -0.2) is 0 Å². The molecule has 3 heteroatoms. The van der Waals surface area contributed by atoms with Crippen molar-refractivity contribution in [1.29, 1.82) is 0 Å². The Kier molecular flexibility index (Phi) is 3.69. The Hall–Kier alpha value is 0.270. The Balaban J connectivity index is 2.29. The van der Waals surface area contributed by atoms with E-state index in [0.29, 0.717) is 17.9 Å². The van der Waals surface area contributed by atoms with Crippen molar-refractivity contribution in [2.75, 3.05) is 26.0 Å². The van der Waals surface area contributed by atoms with Crippen LogP contribution in [0.1, 0.15) is 13.3 Å². The molecule has 1 heterocycles. The van der Waals surface area contributed by atoms with Crippen molar-refractivity contribution >= 4 is 11.8 Å². The average Bonchev–Trinajstić information content (AvgIpc) is 2.50. The minimum atomic E-state index is 0.359. The third-order valence-electron chi connectivity index (χ3n) is 2.43. The topological polar surface area (TPSA) is 23.5 Å². The number of thioether (sulfide) groups is 1. The van der Waals surface area contributed by atoms with Gasteiger partial charge in [0.1, 0.15) is 0 Å². The SMILES string of the molecule is CSC(C)N1CC[C@@H](CO)C1. The predicted molar refractivity (Wildman–Crippen MR) is 49.7 cm³/mol. The number of rotatable bonds is 3. The van der Waals surface area contributed by atoms with E-state index < -0.39 is 0 Å². The Morgan fingerprint density at radius 2 is 2.45 bits per heavy atom. The van der Waals surface area contributed by atoms with Gasteiger partial charge in [-0.3, -0.25) is 4.90 Å². The summed E-state index contributed by atoms with van der Waals surface area (Å²) in [6.45, 7) is 4.83. The molecule has 1 aliphatic rings. The summed E-state index contributed by atoms with van der Waals surface area (Å²) in [6.07, 6.45) is 3.30. The molecule has 0 aliphatic carbocycles. The number of hydrogen-bond acceptors (Lipinski definition) is 3. The molecule has 66 valence electrons. The summed E-state index contributed by atoms with van der Waals surface area (Å²) in [6, 6.07) is 0. The van der Waals surface area contributed by atoms with Gasteiger partial charge < -0.3 is 5.11 Å².